The van der Waals surface area contributed by atoms with E-state index in [4.69, 9.17) is 4.74 Å². The maximum Gasteiger partial charge on any atom is 0.251 e. The molecule has 0 radical (unpaired) electrons. The van der Waals surface area contributed by atoms with Crippen LogP contribution in [0.1, 0.15) is 62.4 Å². The molecular formula is C24H31NO2. The minimum absolute atomic E-state index is 0.0174. The highest BCUT2D eigenvalue weighted by atomic mass is 16.5. The van der Waals surface area contributed by atoms with Crippen LogP contribution in [0.25, 0.3) is 0 Å². The zero-order valence-electron chi connectivity index (χ0n) is 16.7. The maximum atomic E-state index is 12.5. The third-order valence-corrected chi connectivity index (χ3v) is 5.65. The monoisotopic (exact) mass is 365 g/mol. The van der Waals surface area contributed by atoms with E-state index in [1.165, 1.54) is 12.8 Å². The summed E-state index contributed by atoms with van der Waals surface area (Å²) in [5.41, 5.74) is 2.19. The fourth-order valence-electron chi connectivity index (χ4n) is 3.82. The Kier molecular flexibility index (Phi) is 6.20. The maximum absolute atomic E-state index is 12.5. The summed E-state index contributed by atoms with van der Waals surface area (Å²) < 4.78 is 5.79. The summed E-state index contributed by atoms with van der Waals surface area (Å²) in [5, 5.41) is 3.20. The van der Waals surface area contributed by atoms with Gasteiger partial charge in [-0.1, -0.05) is 51.1 Å². The highest BCUT2D eigenvalue weighted by molar-refractivity contribution is 5.94. The van der Waals surface area contributed by atoms with Gasteiger partial charge in [0.2, 0.25) is 0 Å². The van der Waals surface area contributed by atoms with Crippen LogP contribution in [0, 0.1) is 11.3 Å². The van der Waals surface area contributed by atoms with E-state index < -0.39 is 0 Å². The molecule has 1 fully saturated rings. The van der Waals surface area contributed by atoms with Gasteiger partial charge >= 0.3 is 0 Å². The Balaban J connectivity index is 1.48. The van der Waals surface area contributed by atoms with E-state index in [2.05, 4.69) is 26.1 Å². The average molecular weight is 366 g/mol. The van der Waals surface area contributed by atoms with Crippen LogP contribution in [0.5, 0.6) is 5.75 Å². The smallest absolute Gasteiger partial charge is 0.251 e. The van der Waals surface area contributed by atoms with Crippen LogP contribution < -0.4 is 10.1 Å². The third-order valence-electron chi connectivity index (χ3n) is 5.65. The van der Waals surface area contributed by atoms with E-state index in [0.717, 1.165) is 30.1 Å². The first-order valence-electron chi connectivity index (χ1n) is 9.99. The summed E-state index contributed by atoms with van der Waals surface area (Å²) in [6, 6.07) is 17.8. The molecule has 1 N–H and O–H groups in total. The number of amides is 1. The molecule has 1 aliphatic rings. The Morgan fingerprint density at radius 3 is 2.19 bits per heavy atom. The summed E-state index contributed by atoms with van der Waals surface area (Å²) in [6.45, 7) is 7.48. The molecule has 1 amide bonds. The van der Waals surface area contributed by atoms with E-state index >= 15 is 0 Å². The number of benzene rings is 2. The Bertz CT molecular complexity index is 723. The van der Waals surface area contributed by atoms with Gasteiger partial charge in [-0.2, -0.15) is 0 Å². The highest BCUT2D eigenvalue weighted by Crippen LogP contribution is 2.37. The standard InChI is InChI=1S/C24H31NO2/c1-24(2,3)20-11-13-21(14-12-20)25-23(26)19-9-15-22(16-10-19)27-17-18-7-5-4-6-8-18/h4-10,15-16,20-21H,11-14,17H2,1-3H3,(H,25,26). The van der Waals surface area contributed by atoms with Crippen molar-refractivity contribution in [3.63, 3.8) is 0 Å². The number of carbonyl (C=O) groups excluding carboxylic acids is 1. The number of carbonyl (C=O) groups is 1. The molecule has 0 spiro atoms. The Labute approximate surface area is 163 Å². The lowest BCUT2D eigenvalue weighted by Gasteiger charge is -2.37. The first-order chi connectivity index (χ1) is 12.9. The third kappa shape index (κ3) is 5.59. The van der Waals surface area contributed by atoms with Crippen molar-refractivity contribution in [2.75, 3.05) is 0 Å². The van der Waals surface area contributed by atoms with Gasteiger partial charge < -0.3 is 10.1 Å². The molecule has 1 aliphatic carbocycles. The first kappa shape index (κ1) is 19.5. The number of nitrogens with one attached hydrogen (secondary N) is 1. The van der Waals surface area contributed by atoms with Crippen molar-refractivity contribution in [1.29, 1.82) is 0 Å². The van der Waals surface area contributed by atoms with E-state index in [1.807, 2.05) is 54.6 Å². The average Bonchev–Trinajstić information content (AvgIpc) is 2.67. The second-order valence-corrected chi connectivity index (χ2v) is 8.69. The van der Waals surface area contributed by atoms with Gasteiger partial charge in [-0.15, -0.1) is 0 Å². The lowest BCUT2D eigenvalue weighted by Crippen LogP contribution is -2.39. The van der Waals surface area contributed by atoms with Crippen molar-refractivity contribution in [1.82, 2.24) is 5.32 Å². The van der Waals surface area contributed by atoms with Crippen LogP contribution in [0.2, 0.25) is 0 Å². The first-order valence-corrected chi connectivity index (χ1v) is 9.99. The van der Waals surface area contributed by atoms with Gasteiger partial charge in [-0.25, -0.2) is 0 Å². The minimum Gasteiger partial charge on any atom is -0.489 e. The fraction of sp³-hybridized carbons (Fsp3) is 0.458. The summed E-state index contributed by atoms with van der Waals surface area (Å²) in [6.07, 6.45) is 4.54. The van der Waals surface area contributed by atoms with Crippen LogP contribution in [-0.4, -0.2) is 11.9 Å². The van der Waals surface area contributed by atoms with Crippen molar-refractivity contribution < 1.29 is 9.53 Å². The largest absolute Gasteiger partial charge is 0.489 e. The highest BCUT2D eigenvalue weighted by Gasteiger charge is 2.30. The molecule has 0 heterocycles. The van der Waals surface area contributed by atoms with Crippen molar-refractivity contribution >= 4 is 5.91 Å². The topological polar surface area (TPSA) is 38.3 Å². The van der Waals surface area contributed by atoms with Crippen LogP contribution in [0.3, 0.4) is 0 Å². The van der Waals surface area contributed by atoms with Gasteiger partial charge in [0.25, 0.3) is 5.91 Å². The molecule has 0 bridgehead atoms. The molecule has 0 saturated heterocycles. The van der Waals surface area contributed by atoms with Gasteiger partial charge in [0.05, 0.1) is 0 Å². The summed E-state index contributed by atoms with van der Waals surface area (Å²) in [5.74, 6) is 1.55. The number of hydrogen-bond acceptors (Lipinski definition) is 2. The van der Waals surface area contributed by atoms with Crippen LogP contribution in [0.15, 0.2) is 54.6 Å². The van der Waals surface area contributed by atoms with Crippen molar-refractivity contribution in [2.24, 2.45) is 11.3 Å². The fourth-order valence-corrected chi connectivity index (χ4v) is 3.82. The van der Waals surface area contributed by atoms with Crippen molar-refractivity contribution in [2.45, 2.75) is 59.1 Å². The van der Waals surface area contributed by atoms with E-state index in [-0.39, 0.29) is 5.91 Å². The van der Waals surface area contributed by atoms with Crippen molar-refractivity contribution in [3.05, 3.63) is 65.7 Å². The van der Waals surface area contributed by atoms with E-state index in [0.29, 0.717) is 23.6 Å². The predicted molar refractivity (Wildman–Crippen MR) is 110 cm³/mol. The molecule has 3 nitrogen and oxygen atoms in total. The lowest BCUT2D eigenvalue weighted by molar-refractivity contribution is 0.0904. The SMILES string of the molecule is CC(C)(C)C1CCC(NC(=O)c2ccc(OCc3ccccc3)cc2)CC1. The van der Waals surface area contributed by atoms with Crippen LogP contribution in [-0.2, 0) is 6.61 Å². The molecule has 1 saturated carbocycles. The Morgan fingerprint density at radius 1 is 0.963 bits per heavy atom. The lowest BCUT2D eigenvalue weighted by atomic mass is 9.71. The molecule has 0 aliphatic heterocycles. The molecule has 2 aromatic carbocycles. The normalized spacial score (nSPS) is 20.1. The number of rotatable bonds is 5. The summed E-state index contributed by atoms with van der Waals surface area (Å²) in [4.78, 5) is 12.5. The zero-order chi connectivity index (χ0) is 19.3. The molecule has 144 valence electrons. The van der Waals surface area contributed by atoms with E-state index in [9.17, 15) is 4.79 Å². The van der Waals surface area contributed by atoms with E-state index in [1.54, 1.807) is 0 Å². The molecular weight excluding hydrogens is 334 g/mol. The molecule has 0 unspecified atom stereocenters. The van der Waals surface area contributed by atoms with Gasteiger partial charge in [-0.3, -0.25) is 4.79 Å². The quantitative estimate of drug-likeness (QED) is 0.749. The van der Waals surface area contributed by atoms with Crippen molar-refractivity contribution in [3.8, 4) is 5.75 Å². The summed E-state index contributed by atoms with van der Waals surface area (Å²) >= 11 is 0. The number of ether oxygens (including phenoxy) is 1. The molecule has 3 heteroatoms. The number of hydrogen-bond donors (Lipinski definition) is 1. The molecule has 0 aromatic heterocycles. The zero-order valence-corrected chi connectivity index (χ0v) is 16.7. The molecule has 27 heavy (non-hydrogen) atoms. The Morgan fingerprint density at radius 2 is 1.59 bits per heavy atom. The minimum atomic E-state index is 0.0174. The van der Waals surface area contributed by atoms with Gasteiger partial charge in [-0.05, 0) is 66.8 Å². The van der Waals surface area contributed by atoms with Gasteiger partial charge in [0.1, 0.15) is 12.4 Å². The van der Waals surface area contributed by atoms with Gasteiger partial charge in [0, 0.05) is 11.6 Å². The molecule has 3 rings (SSSR count). The molecule has 0 atom stereocenters. The second kappa shape index (κ2) is 8.60. The Hall–Kier alpha value is -2.29. The van der Waals surface area contributed by atoms with Crippen LogP contribution in [0.4, 0.5) is 0 Å². The molecule has 2 aromatic rings. The summed E-state index contributed by atoms with van der Waals surface area (Å²) in [7, 11) is 0. The second-order valence-electron chi connectivity index (χ2n) is 8.69. The van der Waals surface area contributed by atoms with Gasteiger partial charge in [0.15, 0.2) is 0 Å². The van der Waals surface area contributed by atoms with Crippen LogP contribution >= 0.6 is 0 Å². The predicted octanol–water partition coefficient (Wildman–Crippen LogP) is 5.60.